The van der Waals surface area contributed by atoms with E-state index >= 15 is 0 Å². The van der Waals surface area contributed by atoms with E-state index in [1.165, 1.54) is 5.56 Å². The molecule has 0 bridgehead atoms. The van der Waals surface area contributed by atoms with Crippen LogP contribution in [0.4, 0.5) is 5.69 Å². The summed E-state index contributed by atoms with van der Waals surface area (Å²) >= 11 is 0. The Morgan fingerprint density at radius 2 is 1.32 bits per heavy atom. The first kappa shape index (κ1) is 23.1. The number of carbonyl (C=O) groups is 1. The molecule has 4 aromatic carbocycles. The Balaban J connectivity index is 1.22. The molecule has 0 aromatic heterocycles. The number of carbonyl (C=O) groups excluding carboxylic acids is 1. The maximum Gasteiger partial charge on any atom is 0.265 e. The number of benzene rings is 4. The molecule has 1 N–H and O–H groups in total. The topological polar surface area (TPSA) is 47.6 Å². The van der Waals surface area contributed by atoms with Crippen LogP contribution in [0.25, 0.3) is 11.1 Å². The molecule has 0 heterocycles. The summed E-state index contributed by atoms with van der Waals surface area (Å²) in [7, 11) is 0. The van der Waals surface area contributed by atoms with Gasteiger partial charge in [-0.15, -0.1) is 0 Å². The van der Waals surface area contributed by atoms with Crippen LogP contribution in [-0.2, 0) is 11.2 Å². The highest BCUT2D eigenvalue weighted by Crippen LogP contribution is 2.23. The van der Waals surface area contributed by atoms with Gasteiger partial charge in [-0.25, -0.2) is 0 Å². The Bertz CT molecular complexity index is 1160. The fourth-order valence-corrected chi connectivity index (χ4v) is 3.60. The zero-order valence-electron chi connectivity index (χ0n) is 19.3. The van der Waals surface area contributed by atoms with E-state index in [2.05, 4.69) is 41.7 Å². The van der Waals surface area contributed by atoms with Crippen molar-refractivity contribution in [1.82, 2.24) is 0 Å². The zero-order chi connectivity index (χ0) is 23.6. The molecule has 0 spiro atoms. The first-order valence-corrected chi connectivity index (χ1v) is 11.6. The second kappa shape index (κ2) is 11.7. The molecule has 1 unspecified atom stereocenters. The molecule has 0 saturated heterocycles. The van der Waals surface area contributed by atoms with Gasteiger partial charge in [0.05, 0.1) is 6.61 Å². The highest BCUT2D eigenvalue weighted by atomic mass is 16.5. The summed E-state index contributed by atoms with van der Waals surface area (Å²) in [5.41, 5.74) is 4.26. The summed E-state index contributed by atoms with van der Waals surface area (Å²) < 4.78 is 11.6. The van der Waals surface area contributed by atoms with Crippen molar-refractivity contribution in [3.05, 3.63) is 115 Å². The molecule has 4 heteroatoms. The third kappa shape index (κ3) is 6.72. The van der Waals surface area contributed by atoms with Crippen molar-refractivity contribution in [3.8, 4) is 22.6 Å². The number of aryl methyl sites for hydroxylation is 1. The fourth-order valence-electron chi connectivity index (χ4n) is 3.60. The van der Waals surface area contributed by atoms with Crippen molar-refractivity contribution in [3.63, 3.8) is 0 Å². The summed E-state index contributed by atoms with van der Waals surface area (Å²) in [6.45, 7) is 2.39. The molecule has 0 saturated carbocycles. The Labute approximate surface area is 201 Å². The van der Waals surface area contributed by atoms with Crippen LogP contribution in [0, 0.1) is 0 Å². The van der Waals surface area contributed by atoms with Crippen molar-refractivity contribution >= 4 is 11.6 Å². The minimum Gasteiger partial charge on any atom is -0.494 e. The number of nitrogens with one attached hydrogen (secondary N) is 1. The summed E-state index contributed by atoms with van der Waals surface area (Å²) in [5.74, 6) is 1.24. The summed E-state index contributed by atoms with van der Waals surface area (Å²) in [4.78, 5) is 12.6. The van der Waals surface area contributed by atoms with Crippen LogP contribution in [0.3, 0.4) is 0 Å². The van der Waals surface area contributed by atoms with Crippen molar-refractivity contribution in [1.29, 1.82) is 0 Å². The van der Waals surface area contributed by atoms with E-state index in [1.807, 2.05) is 72.8 Å². The molecular weight excluding hydrogens is 422 g/mol. The van der Waals surface area contributed by atoms with Crippen molar-refractivity contribution in [2.24, 2.45) is 0 Å². The van der Waals surface area contributed by atoms with E-state index in [0.717, 1.165) is 29.7 Å². The van der Waals surface area contributed by atoms with Crippen LogP contribution in [0.2, 0.25) is 0 Å². The highest BCUT2D eigenvalue weighted by Gasteiger charge is 2.15. The molecule has 0 radical (unpaired) electrons. The van der Waals surface area contributed by atoms with Gasteiger partial charge in [0, 0.05) is 5.69 Å². The predicted molar refractivity (Wildman–Crippen MR) is 137 cm³/mol. The maximum atomic E-state index is 12.6. The van der Waals surface area contributed by atoms with E-state index in [0.29, 0.717) is 18.0 Å². The Kier molecular flexibility index (Phi) is 7.96. The molecule has 4 nitrogen and oxygen atoms in total. The third-order valence-electron chi connectivity index (χ3n) is 5.49. The first-order valence-electron chi connectivity index (χ1n) is 11.6. The second-order valence-electron chi connectivity index (χ2n) is 8.10. The quantitative estimate of drug-likeness (QED) is 0.271. The number of hydrogen-bond donors (Lipinski definition) is 1. The minimum atomic E-state index is -0.628. The third-order valence-corrected chi connectivity index (χ3v) is 5.49. The molecule has 1 atom stereocenters. The van der Waals surface area contributed by atoms with Crippen molar-refractivity contribution in [2.75, 3.05) is 11.9 Å². The lowest BCUT2D eigenvalue weighted by atomic mass is 10.1. The van der Waals surface area contributed by atoms with Crippen LogP contribution >= 0.6 is 0 Å². The lowest BCUT2D eigenvalue weighted by molar-refractivity contribution is -0.122. The molecule has 0 fully saturated rings. The largest absolute Gasteiger partial charge is 0.494 e. The van der Waals surface area contributed by atoms with E-state index in [4.69, 9.17) is 9.47 Å². The lowest BCUT2D eigenvalue weighted by Crippen LogP contribution is -2.30. The van der Waals surface area contributed by atoms with E-state index in [-0.39, 0.29) is 5.91 Å². The van der Waals surface area contributed by atoms with E-state index in [9.17, 15) is 4.79 Å². The number of anilines is 1. The molecular formula is C30H29NO3. The molecule has 0 aliphatic rings. The van der Waals surface area contributed by atoms with Gasteiger partial charge >= 0.3 is 0 Å². The van der Waals surface area contributed by atoms with Crippen LogP contribution < -0.4 is 14.8 Å². The zero-order valence-corrected chi connectivity index (χ0v) is 19.3. The monoisotopic (exact) mass is 451 g/mol. The van der Waals surface area contributed by atoms with Gasteiger partial charge in [-0.05, 0) is 72.9 Å². The van der Waals surface area contributed by atoms with Crippen molar-refractivity contribution in [2.45, 2.75) is 25.9 Å². The van der Waals surface area contributed by atoms with Crippen LogP contribution in [0.1, 0.15) is 18.9 Å². The van der Waals surface area contributed by atoms with Crippen molar-refractivity contribution < 1.29 is 14.3 Å². The van der Waals surface area contributed by atoms with Gasteiger partial charge in [0.2, 0.25) is 0 Å². The van der Waals surface area contributed by atoms with Gasteiger partial charge in [0.1, 0.15) is 11.5 Å². The number of hydrogen-bond acceptors (Lipinski definition) is 3. The molecule has 0 aliphatic carbocycles. The Hall–Kier alpha value is -4.05. The Morgan fingerprint density at radius 3 is 2.00 bits per heavy atom. The highest BCUT2D eigenvalue weighted by molar-refractivity contribution is 5.94. The summed E-state index contributed by atoms with van der Waals surface area (Å²) in [5, 5.41) is 2.90. The van der Waals surface area contributed by atoms with Gasteiger partial charge < -0.3 is 14.8 Å². The van der Waals surface area contributed by atoms with Gasteiger partial charge in [0.15, 0.2) is 6.10 Å². The average Bonchev–Trinajstić information content (AvgIpc) is 2.89. The first-order chi connectivity index (χ1) is 16.7. The second-order valence-corrected chi connectivity index (χ2v) is 8.10. The number of rotatable bonds is 10. The van der Waals surface area contributed by atoms with Crippen LogP contribution in [-0.4, -0.2) is 18.6 Å². The predicted octanol–water partition coefficient (Wildman–Crippen LogP) is 6.77. The maximum absolute atomic E-state index is 12.6. The molecule has 0 aliphatic heterocycles. The standard InChI is InChI=1S/C30H29NO3/c1-23(34-29-18-14-26(15-19-29)25-12-6-3-7-13-25)30(32)31-27-16-20-28(21-17-27)33-22-8-11-24-9-4-2-5-10-24/h2-7,9-10,12-21,23H,8,11,22H2,1H3,(H,31,32). The molecule has 1 amide bonds. The normalized spacial score (nSPS) is 11.4. The molecule has 172 valence electrons. The lowest BCUT2D eigenvalue weighted by Gasteiger charge is -2.15. The van der Waals surface area contributed by atoms with Gasteiger partial charge in [-0.1, -0.05) is 72.8 Å². The molecule has 34 heavy (non-hydrogen) atoms. The van der Waals surface area contributed by atoms with Gasteiger partial charge in [-0.3, -0.25) is 4.79 Å². The minimum absolute atomic E-state index is 0.205. The Morgan fingerprint density at radius 1 is 0.735 bits per heavy atom. The van der Waals surface area contributed by atoms with E-state index < -0.39 is 6.10 Å². The SMILES string of the molecule is CC(Oc1ccc(-c2ccccc2)cc1)C(=O)Nc1ccc(OCCCc2ccccc2)cc1. The molecule has 4 aromatic rings. The smallest absolute Gasteiger partial charge is 0.265 e. The number of amides is 1. The van der Waals surface area contributed by atoms with Gasteiger partial charge in [0.25, 0.3) is 5.91 Å². The average molecular weight is 452 g/mol. The molecule has 4 rings (SSSR count). The fraction of sp³-hybridized carbons (Fsp3) is 0.167. The van der Waals surface area contributed by atoms with Crippen LogP contribution in [0.15, 0.2) is 109 Å². The van der Waals surface area contributed by atoms with E-state index in [1.54, 1.807) is 6.92 Å². The van der Waals surface area contributed by atoms with Gasteiger partial charge in [-0.2, -0.15) is 0 Å². The number of ether oxygens (including phenoxy) is 2. The van der Waals surface area contributed by atoms with Crippen LogP contribution in [0.5, 0.6) is 11.5 Å². The summed E-state index contributed by atoms with van der Waals surface area (Å²) in [6, 6.07) is 35.7. The summed E-state index contributed by atoms with van der Waals surface area (Å²) in [6.07, 6.45) is 1.31.